The van der Waals surface area contributed by atoms with Gasteiger partial charge in [0, 0.05) is 9.89 Å². The zero-order valence-corrected chi connectivity index (χ0v) is 13.9. The van der Waals surface area contributed by atoms with Gasteiger partial charge in [-0.3, -0.25) is 0 Å². The molecule has 0 radical (unpaired) electrons. The lowest BCUT2D eigenvalue weighted by Crippen LogP contribution is -2.37. The van der Waals surface area contributed by atoms with E-state index in [4.69, 9.17) is 9.88 Å². The van der Waals surface area contributed by atoms with Crippen molar-refractivity contribution < 1.29 is 17.5 Å². The fourth-order valence-corrected chi connectivity index (χ4v) is 3.63. The largest absolute Gasteiger partial charge is 0.490 e. The number of hydrogen-bond donors (Lipinski definition) is 1. The molecule has 2 N–H and O–H groups in total. The van der Waals surface area contributed by atoms with Crippen molar-refractivity contribution in [3.05, 3.63) is 28.5 Å². The molecule has 0 spiro atoms. The number of rotatable bonds is 7. The SMILES string of the molecule is CCC(CC)(COc1ccc(Br)cc1F)CS(N)(=O)=O. The van der Waals surface area contributed by atoms with Gasteiger partial charge < -0.3 is 4.74 Å². The first kappa shape index (κ1) is 17.4. The molecular formula is C13H19BrFNO3S. The summed E-state index contributed by atoms with van der Waals surface area (Å²) in [7, 11) is -3.61. The Labute approximate surface area is 127 Å². The van der Waals surface area contributed by atoms with Crippen molar-refractivity contribution in [3.63, 3.8) is 0 Å². The summed E-state index contributed by atoms with van der Waals surface area (Å²) < 4.78 is 42.4. The quantitative estimate of drug-likeness (QED) is 0.804. The van der Waals surface area contributed by atoms with Crippen LogP contribution in [0, 0.1) is 11.2 Å². The van der Waals surface area contributed by atoms with Crippen molar-refractivity contribution in [3.8, 4) is 5.75 Å². The second-order valence-corrected chi connectivity index (χ2v) is 7.41. The number of primary sulfonamides is 1. The molecule has 4 nitrogen and oxygen atoms in total. The Morgan fingerprint density at radius 3 is 2.40 bits per heavy atom. The summed E-state index contributed by atoms with van der Waals surface area (Å²) in [4.78, 5) is 0. The Morgan fingerprint density at radius 1 is 1.35 bits per heavy atom. The Hall–Kier alpha value is -0.660. The highest BCUT2D eigenvalue weighted by Crippen LogP contribution is 2.30. The molecule has 0 amide bonds. The molecule has 0 bridgehead atoms. The van der Waals surface area contributed by atoms with E-state index in [1.165, 1.54) is 12.1 Å². The fraction of sp³-hybridized carbons (Fsp3) is 0.538. The highest BCUT2D eigenvalue weighted by molar-refractivity contribution is 9.10. The number of halogens is 2. The molecule has 0 heterocycles. The predicted molar refractivity (Wildman–Crippen MR) is 80.6 cm³/mol. The minimum atomic E-state index is -3.61. The van der Waals surface area contributed by atoms with Crippen LogP contribution in [-0.4, -0.2) is 20.8 Å². The topological polar surface area (TPSA) is 69.4 Å². The standard InChI is InChI=1S/C13H19BrFNO3S/c1-3-13(4-2,9-20(16,17)18)8-19-12-6-5-10(14)7-11(12)15/h5-7H,3-4,8-9H2,1-2H3,(H2,16,17,18). The first-order valence-corrected chi connectivity index (χ1v) is 8.80. The van der Waals surface area contributed by atoms with Crippen LogP contribution in [0.15, 0.2) is 22.7 Å². The fourth-order valence-electron chi connectivity index (χ4n) is 1.95. The predicted octanol–water partition coefficient (Wildman–Crippen LogP) is 3.06. The number of sulfonamides is 1. The van der Waals surface area contributed by atoms with Crippen molar-refractivity contribution in [2.75, 3.05) is 12.4 Å². The molecule has 0 saturated heterocycles. The molecule has 1 rings (SSSR count). The lowest BCUT2D eigenvalue weighted by Gasteiger charge is -2.30. The summed E-state index contributed by atoms with van der Waals surface area (Å²) >= 11 is 3.16. The molecular weight excluding hydrogens is 349 g/mol. The third-order valence-corrected chi connectivity index (χ3v) is 4.94. The van der Waals surface area contributed by atoms with Gasteiger partial charge in [-0.1, -0.05) is 29.8 Å². The van der Waals surface area contributed by atoms with Crippen molar-refractivity contribution in [2.45, 2.75) is 26.7 Å². The van der Waals surface area contributed by atoms with Gasteiger partial charge in [0.25, 0.3) is 0 Å². The molecule has 0 unspecified atom stereocenters. The third-order valence-electron chi connectivity index (χ3n) is 3.44. The van der Waals surface area contributed by atoms with Gasteiger partial charge in [0.1, 0.15) is 0 Å². The van der Waals surface area contributed by atoms with Crippen molar-refractivity contribution >= 4 is 26.0 Å². The van der Waals surface area contributed by atoms with E-state index in [0.29, 0.717) is 17.3 Å². The average molecular weight is 368 g/mol. The maximum atomic E-state index is 13.7. The van der Waals surface area contributed by atoms with Crippen LogP contribution < -0.4 is 9.88 Å². The maximum Gasteiger partial charge on any atom is 0.209 e. The van der Waals surface area contributed by atoms with Crippen LogP contribution in [0.2, 0.25) is 0 Å². The lowest BCUT2D eigenvalue weighted by atomic mass is 9.85. The van der Waals surface area contributed by atoms with Crippen LogP contribution >= 0.6 is 15.9 Å². The van der Waals surface area contributed by atoms with Crippen molar-refractivity contribution in [1.29, 1.82) is 0 Å². The lowest BCUT2D eigenvalue weighted by molar-refractivity contribution is 0.150. The second-order valence-electron chi connectivity index (χ2n) is 4.88. The normalized spacial score (nSPS) is 12.4. The van der Waals surface area contributed by atoms with Crippen LogP contribution in [-0.2, 0) is 10.0 Å². The van der Waals surface area contributed by atoms with E-state index in [-0.39, 0.29) is 18.1 Å². The van der Waals surface area contributed by atoms with E-state index in [9.17, 15) is 12.8 Å². The number of benzene rings is 1. The Balaban J connectivity index is 2.86. The molecule has 0 atom stereocenters. The summed E-state index contributed by atoms with van der Waals surface area (Å²) in [6, 6.07) is 4.47. The van der Waals surface area contributed by atoms with E-state index < -0.39 is 21.3 Å². The van der Waals surface area contributed by atoms with Crippen LogP contribution in [0.25, 0.3) is 0 Å². The Bertz CT molecular complexity index is 559. The molecule has 7 heteroatoms. The summed E-state index contributed by atoms with van der Waals surface area (Å²) in [6.45, 7) is 3.85. The molecule has 1 aromatic carbocycles. The van der Waals surface area contributed by atoms with Crippen LogP contribution in [0.4, 0.5) is 4.39 Å². The van der Waals surface area contributed by atoms with Gasteiger partial charge in [0.15, 0.2) is 11.6 Å². The molecule has 0 aliphatic carbocycles. The Morgan fingerprint density at radius 2 is 1.95 bits per heavy atom. The molecule has 0 aliphatic rings. The van der Waals surface area contributed by atoms with E-state index in [0.717, 1.165) is 0 Å². The summed E-state index contributed by atoms with van der Waals surface area (Å²) in [5.74, 6) is -0.560. The highest BCUT2D eigenvalue weighted by atomic mass is 79.9. The number of hydrogen-bond acceptors (Lipinski definition) is 3. The van der Waals surface area contributed by atoms with Gasteiger partial charge in [-0.05, 0) is 31.0 Å². The third kappa shape index (κ3) is 5.03. The van der Waals surface area contributed by atoms with Gasteiger partial charge in [-0.25, -0.2) is 17.9 Å². The molecule has 0 aliphatic heterocycles. The van der Waals surface area contributed by atoms with Gasteiger partial charge in [0.2, 0.25) is 10.0 Å². The minimum Gasteiger partial charge on any atom is -0.490 e. The van der Waals surface area contributed by atoms with Gasteiger partial charge in [-0.2, -0.15) is 0 Å². The molecule has 0 saturated carbocycles. The van der Waals surface area contributed by atoms with E-state index in [2.05, 4.69) is 15.9 Å². The van der Waals surface area contributed by atoms with Crippen LogP contribution in [0.1, 0.15) is 26.7 Å². The Kier molecular flexibility index (Phi) is 5.97. The zero-order chi connectivity index (χ0) is 15.4. The second kappa shape index (κ2) is 6.87. The summed E-state index contributed by atoms with van der Waals surface area (Å²) in [5, 5.41) is 5.13. The van der Waals surface area contributed by atoms with E-state index in [1.54, 1.807) is 6.07 Å². The average Bonchev–Trinajstić information content (AvgIpc) is 2.35. The molecule has 1 aromatic rings. The highest BCUT2D eigenvalue weighted by Gasteiger charge is 2.32. The number of nitrogens with two attached hydrogens (primary N) is 1. The number of ether oxygens (including phenoxy) is 1. The van der Waals surface area contributed by atoms with Crippen LogP contribution in [0.3, 0.4) is 0 Å². The van der Waals surface area contributed by atoms with Gasteiger partial charge in [-0.15, -0.1) is 0 Å². The molecule has 114 valence electrons. The smallest absolute Gasteiger partial charge is 0.209 e. The van der Waals surface area contributed by atoms with E-state index >= 15 is 0 Å². The van der Waals surface area contributed by atoms with Gasteiger partial charge >= 0.3 is 0 Å². The van der Waals surface area contributed by atoms with Crippen molar-refractivity contribution in [1.82, 2.24) is 0 Å². The van der Waals surface area contributed by atoms with Crippen LogP contribution in [0.5, 0.6) is 5.75 Å². The molecule has 20 heavy (non-hydrogen) atoms. The first-order valence-electron chi connectivity index (χ1n) is 6.29. The minimum absolute atomic E-state index is 0.105. The monoisotopic (exact) mass is 367 g/mol. The molecule has 0 fully saturated rings. The summed E-state index contributed by atoms with van der Waals surface area (Å²) in [6.07, 6.45) is 1.16. The summed E-state index contributed by atoms with van der Waals surface area (Å²) in [5.41, 5.74) is -0.604. The molecule has 0 aromatic heterocycles. The first-order chi connectivity index (χ1) is 9.21. The zero-order valence-electron chi connectivity index (χ0n) is 11.5. The van der Waals surface area contributed by atoms with E-state index in [1.807, 2.05) is 13.8 Å². The maximum absolute atomic E-state index is 13.7. The van der Waals surface area contributed by atoms with Gasteiger partial charge in [0.05, 0.1) is 12.4 Å². The van der Waals surface area contributed by atoms with Crippen molar-refractivity contribution in [2.24, 2.45) is 10.6 Å².